The van der Waals surface area contributed by atoms with Crippen molar-refractivity contribution in [3.05, 3.63) is 35.9 Å². The molecule has 2 heterocycles. The molecule has 0 saturated carbocycles. The average molecular weight is 268 g/mol. The van der Waals surface area contributed by atoms with Crippen molar-refractivity contribution in [1.29, 1.82) is 0 Å². The van der Waals surface area contributed by atoms with E-state index in [4.69, 9.17) is 14.2 Å². The average Bonchev–Trinajstić information content (AvgIpc) is 2.46. The highest BCUT2D eigenvalue weighted by Crippen LogP contribution is 2.33. The monoisotopic (exact) mass is 268 g/mol. The zero-order chi connectivity index (χ0) is 13.4. The third-order valence-electron chi connectivity index (χ3n) is 3.42. The van der Waals surface area contributed by atoms with Gasteiger partial charge in [0.25, 0.3) is 0 Å². The minimum atomic E-state index is -1.42. The zero-order valence-corrected chi connectivity index (χ0v) is 10.1. The van der Waals surface area contributed by atoms with Gasteiger partial charge in [-0.1, -0.05) is 30.3 Å². The van der Waals surface area contributed by atoms with E-state index < -0.39 is 37.0 Å². The van der Waals surface area contributed by atoms with E-state index in [1.807, 2.05) is 30.3 Å². The Kier molecular flexibility index (Phi) is 3.53. The lowest BCUT2D eigenvalue weighted by Crippen LogP contribution is -2.61. The Morgan fingerprint density at radius 2 is 1.68 bits per heavy atom. The summed E-state index contributed by atoms with van der Waals surface area (Å²) < 4.78 is 16.3. The summed E-state index contributed by atoms with van der Waals surface area (Å²) in [5.74, 6) is 0. The van der Waals surface area contributed by atoms with Crippen LogP contribution in [0.3, 0.4) is 0 Å². The molecular weight excluding hydrogens is 252 g/mol. The first-order chi connectivity index (χ1) is 9.16. The van der Waals surface area contributed by atoms with E-state index >= 15 is 0 Å². The Labute approximate surface area is 110 Å². The summed E-state index contributed by atoms with van der Waals surface area (Å²) in [6.45, 7) is 0.186. The lowest BCUT2D eigenvalue weighted by molar-refractivity contribution is -0.354. The molecule has 0 aliphatic carbocycles. The van der Waals surface area contributed by atoms with Gasteiger partial charge in [0, 0.05) is 5.56 Å². The van der Waals surface area contributed by atoms with Crippen LogP contribution in [0, 0.1) is 0 Å². The maximum absolute atomic E-state index is 9.94. The number of rotatable bonds is 1. The normalized spacial score (nSPS) is 42.7. The number of benzene rings is 1. The van der Waals surface area contributed by atoms with E-state index in [1.54, 1.807) is 0 Å². The van der Waals surface area contributed by atoms with E-state index in [2.05, 4.69) is 0 Å². The number of ether oxygens (including phenoxy) is 3. The predicted octanol–water partition coefficient (Wildman–Crippen LogP) is -0.460. The number of hydrogen-bond donors (Lipinski definition) is 3. The van der Waals surface area contributed by atoms with Gasteiger partial charge in [0.2, 0.25) is 0 Å². The highest BCUT2D eigenvalue weighted by atomic mass is 16.7. The molecule has 1 unspecified atom stereocenters. The summed E-state index contributed by atoms with van der Waals surface area (Å²) in [7, 11) is 0. The molecule has 3 rings (SSSR count). The molecule has 6 heteroatoms. The number of aliphatic hydroxyl groups excluding tert-OH is 3. The Hall–Kier alpha value is -1.02. The maximum Gasteiger partial charge on any atom is 0.184 e. The van der Waals surface area contributed by atoms with Crippen LogP contribution < -0.4 is 0 Å². The summed E-state index contributed by atoms with van der Waals surface area (Å²) in [6, 6.07) is 9.31. The van der Waals surface area contributed by atoms with Gasteiger partial charge in [-0.15, -0.1) is 0 Å². The van der Waals surface area contributed by atoms with Gasteiger partial charge in [-0.2, -0.15) is 0 Å². The number of hydrogen-bond acceptors (Lipinski definition) is 6. The summed E-state index contributed by atoms with van der Waals surface area (Å²) in [5.41, 5.74) is 0.828. The predicted molar refractivity (Wildman–Crippen MR) is 62.9 cm³/mol. The molecule has 0 amide bonds. The molecule has 6 atom stereocenters. The van der Waals surface area contributed by atoms with Gasteiger partial charge in [0.1, 0.15) is 24.4 Å². The molecule has 6 nitrogen and oxygen atoms in total. The van der Waals surface area contributed by atoms with Crippen molar-refractivity contribution in [2.24, 2.45) is 0 Å². The molecule has 1 aromatic rings. The first-order valence-electron chi connectivity index (χ1n) is 6.18. The van der Waals surface area contributed by atoms with E-state index in [0.29, 0.717) is 0 Å². The minimum absolute atomic E-state index is 0.186. The van der Waals surface area contributed by atoms with Crippen molar-refractivity contribution >= 4 is 0 Å². The third-order valence-corrected chi connectivity index (χ3v) is 3.42. The molecule has 0 aromatic heterocycles. The quantitative estimate of drug-likeness (QED) is 0.639. The van der Waals surface area contributed by atoms with Crippen molar-refractivity contribution in [1.82, 2.24) is 0 Å². The Morgan fingerprint density at radius 3 is 2.42 bits per heavy atom. The van der Waals surface area contributed by atoms with Crippen LogP contribution in [0.2, 0.25) is 0 Å². The molecule has 3 N–H and O–H groups in total. The topological polar surface area (TPSA) is 88.4 Å². The SMILES string of the molecule is OC1O[C@@H]2CO[C@H](c3ccccc3)O[C@@H]2[C@H](O)[C@H]1O. The zero-order valence-electron chi connectivity index (χ0n) is 10.1. The second-order valence-electron chi connectivity index (χ2n) is 4.72. The summed E-state index contributed by atoms with van der Waals surface area (Å²) in [4.78, 5) is 0. The van der Waals surface area contributed by atoms with Crippen LogP contribution in [-0.2, 0) is 14.2 Å². The molecule has 2 aliphatic rings. The van der Waals surface area contributed by atoms with Crippen molar-refractivity contribution < 1.29 is 29.5 Å². The van der Waals surface area contributed by atoms with Gasteiger partial charge in [-0.3, -0.25) is 0 Å². The van der Waals surface area contributed by atoms with E-state index in [-0.39, 0.29) is 6.61 Å². The Bertz CT molecular complexity index is 422. The third kappa shape index (κ3) is 2.38. The van der Waals surface area contributed by atoms with Crippen molar-refractivity contribution in [2.75, 3.05) is 6.61 Å². The van der Waals surface area contributed by atoms with Crippen LogP contribution in [0.4, 0.5) is 0 Å². The summed E-state index contributed by atoms with van der Waals surface area (Å²) >= 11 is 0. The van der Waals surface area contributed by atoms with Crippen LogP contribution in [0.25, 0.3) is 0 Å². The molecular formula is C13H16O6. The first-order valence-corrected chi connectivity index (χ1v) is 6.18. The van der Waals surface area contributed by atoms with Gasteiger partial charge in [0.05, 0.1) is 6.61 Å². The number of fused-ring (bicyclic) bond motifs is 1. The van der Waals surface area contributed by atoms with E-state index in [0.717, 1.165) is 5.56 Å². The second kappa shape index (κ2) is 5.16. The van der Waals surface area contributed by atoms with Crippen LogP contribution >= 0.6 is 0 Å². The highest BCUT2D eigenvalue weighted by Gasteiger charge is 2.48. The minimum Gasteiger partial charge on any atom is -0.387 e. The van der Waals surface area contributed by atoms with Gasteiger partial charge < -0.3 is 29.5 Å². The Balaban J connectivity index is 1.75. The number of aliphatic hydroxyl groups is 3. The van der Waals surface area contributed by atoms with Crippen LogP contribution in [0.5, 0.6) is 0 Å². The van der Waals surface area contributed by atoms with Crippen molar-refractivity contribution in [3.8, 4) is 0 Å². The molecule has 19 heavy (non-hydrogen) atoms. The molecule has 0 bridgehead atoms. The molecule has 2 saturated heterocycles. The standard InChI is InChI=1S/C13H16O6/c14-9-10(15)12(16)18-8-6-17-13(19-11(8)9)7-4-2-1-3-5-7/h1-5,8-16H,6H2/t8-,9-,10-,11+,12?,13+/m1/s1. The lowest BCUT2D eigenvalue weighted by Gasteiger charge is -2.45. The van der Waals surface area contributed by atoms with Gasteiger partial charge in [0.15, 0.2) is 12.6 Å². The fourth-order valence-corrected chi connectivity index (χ4v) is 2.37. The highest BCUT2D eigenvalue weighted by molar-refractivity contribution is 5.16. The molecule has 2 fully saturated rings. The second-order valence-corrected chi connectivity index (χ2v) is 4.72. The summed E-state index contributed by atoms with van der Waals surface area (Å²) in [5, 5.41) is 29.0. The fourth-order valence-electron chi connectivity index (χ4n) is 2.37. The van der Waals surface area contributed by atoms with E-state index in [9.17, 15) is 15.3 Å². The molecule has 2 aliphatic heterocycles. The van der Waals surface area contributed by atoms with Gasteiger partial charge in [-0.25, -0.2) is 0 Å². The Morgan fingerprint density at radius 1 is 0.947 bits per heavy atom. The molecule has 0 radical (unpaired) electrons. The van der Waals surface area contributed by atoms with Crippen LogP contribution in [0.1, 0.15) is 11.9 Å². The lowest BCUT2D eigenvalue weighted by atomic mass is 9.98. The van der Waals surface area contributed by atoms with Gasteiger partial charge in [-0.05, 0) is 0 Å². The smallest absolute Gasteiger partial charge is 0.184 e. The molecule has 1 aromatic carbocycles. The van der Waals surface area contributed by atoms with Crippen LogP contribution in [-0.4, -0.2) is 52.6 Å². The van der Waals surface area contributed by atoms with Gasteiger partial charge >= 0.3 is 0 Å². The summed E-state index contributed by atoms with van der Waals surface area (Å²) in [6.07, 6.45) is -5.93. The largest absolute Gasteiger partial charge is 0.387 e. The van der Waals surface area contributed by atoms with Crippen LogP contribution in [0.15, 0.2) is 30.3 Å². The van der Waals surface area contributed by atoms with Crippen molar-refractivity contribution in [3.63, 3.8) is 0 Å². The first kappa shape index (κ1) is 13.0. The molecule has 0 spiro atoms. The molecule has 104 valence electrons. The maximum atomic E-state index is 9.94. The fraction of sp³-hybridized carbons (Fsp3) is 0.538. The van der Waals surface area contributed by atoms with E-state index in [1.165, 1.54) is 0 Å². The van der Waals surface area contributed by atoms with Crippen molar-refractivity contribution in [2.45, 2.75) is 37.0 Å².